The van der Waals surface area contributed by atoms with E-state index < -0.39 is 5.41 Å². The molecule has 0 radical (unpaired) electrons. The van der Waals surface area contributed by atoms with Crippen LogP contribution < -0.4 is 9.64 Å². The molecule has 5 heteroatoms. The van der Waals surface area contributed by atoms with Gasteiger partial charge in [-0.05, 0) is 149 Å². The zero-order chi connectivity index (χ0) is 54.4. The van der Waals surface area contributed by atoms with E-state index in [-0.39, 0.29) is 5.41 Å². The lowest BCUT2D eigenvalue weighted by Crippen LogP contribution is -2.25. The molecule has 0 N–H and O–H groups in total. The van der Waals surface area contributed by atoms with Crippen LogP contribution in [0.3, 0.4) is 0 Å². The third kappa shape index (κ3) is 6.59. The molecule has 17 rings (SSSR count). The highest BCUT2D eigenvalue weighted by atomic mass is 16.5. The summed E-state index contributed by atoms with van der Waals surface area (Å²) in [5.74, 6) is 2.41. The van der Waals surface area contributed by atoms with Crippen molar-refractivity contribution < 1.29 is 4.74 Å². The van der Waals surface area contributed by atoms with Crippen molar-refractivity contribution in [3.8, 4) is 50.7 Å². The van der Waals surface area contributed by atoms with E-state index in [1.54, 1.807) is 0 Å². The van der Waals surface area contributed by atoms with E-state index in [9.17, 15) is 0 Å². The van der Waals surface area contributed by atoms with Crippen LogP contribution in [-0.2, 0) is 17.5 Å². The van der Waals surface area contributed by atoms with E-state index in [0.717, 1.165) is 50.6 Å². The van der Waals surface area contributed by atoms with Crippen LogP contribution in [0.5, 0.6) is 11.5 Å². The maximum Gasteiger partial charge on any atom is 0.137 e. The third-order valence-electron chi connectivity index (χ3n) is 18.1. The lowest BCUT2D eigenvalue weighted by atomic mass is 9.70. The summed E-state index contributed by atoms with van der Waals surface area (Å²) >= 11 is 0. The van der Waals surface area contributed by atoms with Crippen LogP contribution >= 0.6 is 0 Å². The van der Waals surface area contributed by atoms with Gasteiger partial charge in [0, 0.05) is 45.6 Å². The highest BCUT2D eigenvalue weighted by molar-refractivity contribution is 6.24. The number of anilines is 2. The molecule has 0 unspecified atom stereocenters. The molecule has 2 aliphatic carbocycles. The molecule has 0 fully saturated rings. The van der Waals surface area contributed by atoms with E-state index in [0.29, 0.717) is 6.67 Å². The van der Waals surface area contributed by atoms with Crippen LogP contribution in [-0.4, -0.2) is 14.1 Å². The molecule has 388 valence electrons. The van der Waals surface area contributed by atoms with E-state index in [1.165, 1.54) is 104 Å². The Morgan fingerprint density at radius 2 is 0.976 bits per heavy atom. The Labute approximate surface area is 475 Å². The molecule has 14 aromatic rings. The van der Waals surface area contributed by atoms with Crippen LogP contribution in [0.25, 0.3) is 104 Å². The second-order valence-corrected chi connectivity index (χ2v) is 23.4. The molecule has 0 atom stereocenters. The van der Waals surface area contributed by atoms with Crippen molar-refractivity contribution in [1.29, 1.82) is 0 Å². The smallest absolute Gasteiger partial charge is 0.137 e. The lowest BCUT2D eigenvalue weighted by molar-refractivity contribution is 0.483. The predicted molar refractivity (Wildman–Crippen MR) is 340 cm³/mol. The number of nitrogens with zero attached hydrogens (tertiary/aromatic N) is 4. The lowest BCUT2D eigenvalue weighted by Gasteiger charge is -2.30. The van der Waals surface area contributed by atoms with E-state index in [2.05, 4.69) is 290 Å². The number of fused-ring (bicyclic) bond motifs is 20. The Kier molecular flexibility index (Phi) is 9.89. The van der Waals surface area contributed by atoms with Gasteiger partial charge in [0.1, 0.15) is 24.0 Å². The molecule has 0 bridgehead atoms. The summed E-state index contributed by atoms with van der Waals surface area (Å²) in [4.78, 5) is 7.38. The number of ether oxygens (including phenoxy) is 1. The number of aromatic nitrogens is 3. The Morgan fingerprint density at radius 1 is 0.415 bits per heavy atom. The largest absolute Gasteiger partial charge is 0.457 e. The van der Waals surface area contributed by atoms with Gasteiger partial charge in [-0.3, -0.25) is 4.57 Å². The predicted octanol–water partition coefficient (Wildman–Crippen LogP) is 19.9. The van der Waals surface area contributed by atoms with Crippen molar-refractivity contribution in [3.63, 3.8) is 0 Å². The van der Waals surface area contributed by atoms with Crippen molar-refractivity contribution in [2.45, 2.75) is 38.3 Å². The summed E-state index contributed by atoms with van der Waals surface area (Å²) in [6, 6.07) is 94.4. The van der Waals surface area contributed by atoms with E-state index in [4.69, 9.17) is 9.72 Å². The zero-order valence-corrected chi connectivity index (χ0v) is 45.7. The molecule has 82 heavy (non-hydrogen) atoms. The van der Waals surface area contributed by atoms with Crippen molar-refractivity contribution in [1.82, 2.24) is 14.1 Å². The highest BCUT2D eigenvalue weighted by Gasteiger charge is 2.51. The number of hydrogen-bond donors (Lipinski definition) is 0. The maximum absolute atomic E-state index is 6.92. The quantitative estimate of drug-likeness (QED) is 0.172. The third-order valence-corrected chi connectivity index (χ3v) is 18.1. The molecule has 4 heterocycles. The van der Waals surface area contributed by atoms with Gasteiger partial charge in [-0.15, -0.1) is 0 Å². The first-order valence-electron chi connectivity index (χ1n) is 28.5. The van der Waals surface area contributed by atoms with Crippen molar-refractivity contribution in [2.24, 2.45) is 0 Å². The van der Waals surface area contributed by atoms with Crippen LogP contribution in [0.4, 0.5) is 11.4 Å². The van der Waals surface area contributed by atoms with Gasteiger partial charge in [-0.1, -0.05) is 203 Å². The van der Waals surface area contributed by atoms with Crippen LogP contribution in [0.1, 0.15) is 48.6 Å². The topological polar surface area (TPSA) is 35.2 Å². The molecule has 1 spiro atoms. The van der Waals surface area contributed by atoms with Gasteiger partial charge >= 0.3 is 0 Å². The maximum atomic E-state index is 6.92. The summed E-state index contributed by atoms with van der Waals surface area (Å²) in [5.41, 5.74) is 20.4. The minimum absolute atomic E-state index is 0.0255. The molecule has 0 saturated carbocycles. The molecule has 3 aromatic heterocycles. The monoisotopic (exact) mass is 1050 g/mol. The second-order valence-electron chi connectivity index (χ2n) is 23.4. The SMILES string of the molecule is CC(C)(C)c1ccnc(-n2c3ccccc3c3ccc(Oc4cccc(N5Cn6c7ccccc7c7ccccc7c7c(-c8ccc9c(c8)C8(c%10ccccc%10-c%10ccccc%108)c8ccccc8-9)cccc7c7cccc5c76)c4)cc32)c1. The van der Waals surface area contributed by atoms with Crippen LogP contribution in [0, 0.1) is 0 Å². The fourth-order valence-electron chi connectivity index (χ4n) is 14.5. The number of para-hydroxylation sites is 3. The first kappa shape index (κ1) is 46.7. The minimum Gasteiger partial charge on any atom is -0.457 e. The van der Waals surface area contributed by atoms with Crippen molar-refractivity contribution in [3.05, 3.63) is 289 Å². The summed E-state index contributed by atoms with van der Waals surface area (Å²) in [7, 11) is 0. The Morgan fingerprint density at radius 3 is 1.72 bits per heavy atom. The normalized spacial score (nSPS) is 13.6. The van der Waals surface area contributed by atoms with Crippen LogP contribution in [0.2, 0.25) is 0 Å². The highest BCUT2D eigenvalue weighted by Crippen LogP contribution is 2.63. The number of benzene rings is 11. The molecule has 5 nitrogen and oxygen atoms in total. The molecule has 0 amide bonds. The van der Waals surface area contributed by atoms with Crippen LogP contribution in [0.15, 0.2) is 261 Å². The standard InChI is InChI=1S/C77H54N4O/c1-76(2,3)49-41-42-78-73(44-49)81-70-35-15-10-26-60(70)61-40-38-52(46-72(61)81)82-51-20-16-19-50(45-51)79-47-80-69-34-14-9-25-59(69)54-21-4-5-27-62(54)74-53(28-17-29-63(74)64-30-18-36-71(79)75(64)80)48-37-39-58-57-24-8-13-33-67(57)77(68(58)43-48)65-31-11-6-22-55(65)56-23-7-12-32-66(56)77/h4-46H,47H2,1-3H3. The molecular weight excluding hydrogens is 997 g/mol. The number of pyridine rings is 1. The van der Waals surface area contributed by atoms with Crippen molar-refractivity contribution in [2.75, 3.05) is 4.90 Å². The molecule has 3 aliphatic rings. The summed E-state index contributed by atoms with van der Waals surface area (Å²) in [6.45, 7) is 7.35. The average molecular weight is 1050 g/mol. The van der Waals surface area contributed by atoms with Gasteiger partial charge in [-0.25, -0.2) is 4.98 Å². The minimum atomic E-state index is -0.453. The summed E-state index contributed by atoms with van der Waals surface area (Å²) in [6.07, 6.45) is 1.93. The van der Waals surface area contributed by atoms with Crippen molar-refractivity contribution >= 4 is 76.5 Å². The second kappa shape index (κ2) is 17.4. The number of rotatable bonds is 5. The molecule has 1 aliphatic heterocycles. The summed E-state index contributed by atoms with van der Waals surface area (Å²) in [5, 5.41) is 9.55. The molecule has 0 saturated heterocycles. The van der Waals surface area contributed by atoms with Gasteiger partial charge in [0.05, 0.1) is 33.2 Å². The summed E-state index contributed by atoms with van der Waals surface area (Å²) < 4.78 is 11.7. The number of hydrogen-bond acceptors (Lipinski definition) is 3. The molecular formula is C77H54N4O. The van der Waals surface area contributed by atoms with Gasteiger partial charge < -0.3 is 14.2 Å². The molecule has 11 aromatic carbocycles. The first-order valence-corrected chi connectivity index (χ1v) is 28.5. The van der Waals surface area contributed by atoms with Gasteiger partial charge in [0.15, 0.2) is 0 Å². The Bertz CT molecular complexity index is 5060. The Hall–Kier alpha value is -10.2. The van der Waals surface area contributed by atoms with Gasteiger partial charge in [0.25, 0.3) is 0 Å². The van der Waals surface area contributed by atoms with Gasteiger partial charge in [-0.2, -0.15) is 0 Å². The fraction of sp³-hybridized carbons (Fsp3) is 0.0779. The Balaban J connectivity index is 0.841. The fourth-order valence-corrected chi connectivity index (χ4v) is 14.5. The average Bonchev–Trinajstić information content (AvgIpc) is 1.80. The van der Waals surface area contributed by atoms with Gasteiger partial charge in [0.2, 0.25) is 0 Å². The van der Waals surface area contributed by atoms with E-state index >= 15 is 0 Å². The van der Waals surface area contributed by atoms with E-state index in [1.807, 2.05) is 6.20 Å². The first-order chi connectivity index (χ1) is 40.3. The zero-order valence-electron chi connectivity index (χ0n) is 45.7.